The van der Waals surface area contributed by atoms with Gasteiger partial charge in [0, 0.05) is 19.0 Å². The number of thiazole rings is 1. The second kappa shape index (κ2) is 5.74. The van der Waals surface area contributed by atoms with Crippen LogP contribution in [0.2, 0.25) is 5.02 Å². The first-order valence-corrected chi connectivity index (χ1v) is 9.07. The van der Waals surface area contributed by atoms with E-state index in [1.165, 1.54) is 11.3 Å². The molecule has 1 unspecified atom stereocenters. The monoisotopic (exact) mass is 369 g/mol. The number of nitrogens with one attached hydrogen (secondary N) is 1. The summed E-state index contributed by atoms with van der Waals surface area (Å²) >= 11 is 7.63. The fraction of sp³-hybridized carbons (Fsp3) is 0.500. The maximum Gasteiger partial charge on any atom is 0.259 e. The molecule has 0 spiro atoms. The maximum atomic E-state index is 15.0. The summed E-state index contributed by atoms with van der Waals surface area (Å²) in [5.41, 5.74) is -1.18. The molecule has 5 nitrogen and oxygen atoms in total. The average molecular weight is 370 g/mol. The molecule has 1 saturated heterocycles. The van der Waals surface area contributed by atoms with Gasteiger partial charge in [0.15, 0.2) is 5.13 Å². The molecule has 1 atom stereocenters. The quantitative estimate of drug-likeness (QED) is 0.899. The van der Waals surface area contributed by atoms with Gasteiger partial charge < -0.3 is 15.0 Å². The lowest BCUT2D eigenvalue weighted by molar-refractivity contribution is -0.131. The molecular formula is C16H17ClFN3O2S. The Morgan fingerprint density at radius 1 is 1.54 bits per heavy atom. The van der Waals surface area contributed by atoms with Crippen LogP contribution in [0, 0.1) is 0 Å². The van der Waals surface area contributed by atoms with Crippen LogP contribution in [0.5, 0.6) is 5.75 Å². The highest BCUT2D eigenvalue weighted by Gasteiger charge is 2.47. The van der Waals surface area contributed by atoms with Crippen LogP contribution in [0.3, 0.4) is 0 Å². The molecule has 2 aliphatic rings. The van der Waals surface area contributed by atoms with Gasteiger partial charge in [0.25, 0.3) is 5.91 Å². The highest BCUT2D eigenvalue weighted by Crippen LogP contribution is 2.41. The van der Waals surface area contributed by atoms with Gasteiger partial charge in [-0.15, -0.1) is 0 Å². The number of amides is 1. The van der Waals surface area contributed by atoms with E-state index in [1.54, 1.807) is 19.2 Å². The van der Waals surface area contributed by atoms with E-state index in [0.29, 0.717) is 28.0 Å². The van der Waals surface area contributed by atoms with Crippen LogP contribution in [0.25, 0.3) is 10.2 Å². The predicted octanol–water partition coefficient (Wildman–Crippen LogP) is 3.16. The second-order valence-electron chi connectivity index (χ2n) is 6.31. The average Bonchev–Trinajstić information content (AvgIpc) is 3.10. The summed E-state index contributed by atoms with van der Waals surface area (Å²) in [5, 5.41) is 4.02. The van der Waals surface area contributed by atoms with Crippen molar-refractivity contribution in [2.24, 2.45) is 0 Å². The Labute approximate surface area is 147 Å². The zero-order chi connectivity index (χ0) is 16.9. The number of fused-ring (bicyclic) bond motifs is 1. The normalized spacial score (nSPS) is 23.7. The smallest absolute Gasteiger partial charge is 0.259 e. The Morgan fingerprint density at radius 3 is 3.04 bits per heavy atom. The molecule has 2 heterocycles. The molecule has 1 saturated carbocycles. The Balaban J connectivity index is 1.59. The summed E-state index contributed by atoms with van der Waals surface area (Å²) in [7, 11) is 1.58. The zero-order valence-electron chi connectivity index (χ0n) is 13.1. The van der Waals surface area contributed by atoms with Crippen molar-refractivity contribution >= 4 is 44.2 Å². The Kier molecular flexibility index (Phi) is 3.80. The number of ether oxygens (including phenoxy) is 1. The van der Waals surface area contributed by atoms with E-state index in [1.807, 2.05) is 4.90 Å². The maximum absolute atomic E-state index is 15.0. The standard InChI is InChI=1S/C16H17ClFN3O2S/c1-23-11-5-4-10(17)13-12(11)20-15(24-13)21-7-6-16(18,8-21)14(22)19-9-2-3-9/h4-5,9H,2-3,6-8H2,1H3,(H,19,22). The number of nitrogens with zero attached hydrogens (tertiary/aromatic N) is 2. The summed E-state index contributed by atoms with van der Waals surface area (Å²) in [4.78, 5) is 18.5. The summed E-state index contributed by atoms with van der Waals surface area (Å²) in [5.74, 6) is 0.137. The van der Waals surface area contributed by atoms with Crippen molar-refractivity contribution in [3.05, 3.63) is 17.2 Å². The predicted molar refractivity (Wildman–Crippen MR) is 93.0 cm³/mol. The van der Waals surface area contributed by atoms with Crippen molar-refractivity contribution in [3.8, 4) is 5.75 Å². The molecule has 1 aliphatic heterocycles. The molecule has 1 aromatic heterocycles. The van der Waals surface area contributed by atoms with Crippen LogP contribution in [-0.4, -0.2) is 42.8 Å². The highest BCUT2D eigenvalue weighted by molar-refractivity contribution is 7.22. The number of anilines is 1. The van der Waals surface area contributed by atoms with Crippen molar-refractivity contribution < 1.29 is 13.9 Å². The van der Waals surface area contributed by atoms with Gasteiger partial charge in [-0.25, -0.2) is 9.37 Å². The molecule has 128 valence electrons. The number of carbonyl (C=O) groups excluding carboxylic acids is 1. The number of hydrogen-bond acceptors (Lipinski definition) is 5. The third-order valence-corrected chi connectivity index (χ3v) is 6.05. The second-order valence-corrected chi connectivity index (χ2v) is 7.69. The van der Waals surface area contributed by atoms with Crippen LogP contribution in [0.1, 0.15) is 19.3 Å². The number of methoxy groups -OCH3 is 1. The number of hydrogen-bond donors (Lipinski definition) is 1. The van der Waals surface area contributed by atoms with Gasteiger partial charge in [0.05, 0.1) is 23.4 Å². The number of alkyl halides is 1. The zero-order valence-corrected chi connectivity index (χ0v) is 14.7. The van der Waals surface area contributed by atoms with E-state index in [-0.39, 0.29) is 19.0 Å². The largest absolute Gasteiger partial charge is 0.494 e. The molecule has 2 aromatic rings. The Hall–Kier alpha value is -1.60. The van der Waals surface area contributed by atoms with E-state index < -0.39 is 11.6 Å². The number of carbonyl (C=O) groups is 1. The van der Waals surface area contributed by atoms with Gasteiger partial charge in [-0.05, 0) is 25.0 Å². The van der Waals surface area contributed by atoms with Crippen molar-refractivity contribution in [1.29, 1.82) is 0 Å². The number of benzene rings is 1. The minimum Gasteiger partial charge on any atom is -0.494 e. The van der Waals surface area contributed by atoms with Gasteiger partial charge in [0.1, 0.15) is 11.3 Å². The van der Waals surface area contributed by atoms with Crippen LogP contribution in [0.15, 0.2) is 12.1 Å². The Bertz CT molecular complexity index is 810. The number of rotatable bonds is 4. The highest BCUT2D eigenvalue weighted by atomic mass is 35.5. The Morgan fingerprint density at radius 2 is 2.33 bits per heavy atom. The summed E-state index contributed by atoms with van der Waals surface area (Å²) in [6, 6.07) is 3.68. The van der Waals surface area contributed by atoms with E-state index in [2.05, 4.69) is 10.3 Å². The van der Waals surface area contributed by atoms with Crippen molar-refractivity contribution in [1.82, 2.24) is 10.3 Å². The molecular weight excluding hydrogens is 353 g/mol. The molecule has 0 radical (unpaired) electrons. The van der Waals surface area contributed by atoms with Gasteiger partial charge in [-0.2, -0.15) is 0 Å². The lowest BCUT2D eigenvalue weighted by Crippen LogP contribution is -2.46. The SMILES string of the molecule is COc1ccc(Cl)c2sc(N3CCC(F)(C(=O)NC4CC4)C3)nc12. The molecule has 1 amide bonds. The lowest BCUT2D eigenvalue weighted by atomic mass is 10.1. The van der Waals surface area contributed by atoms with Gasteiger partial charge >= 0.3 is 0 Å². The van der Waals surface area contributed by atoms with Crippen LogP contribution in [0.4, 0.5) is 9.52 Å². The van der Waals surface area contributed by atoms with Crippen molar-refractivity contribution in [3.63, 3.8) is 0 Å². The van der Waals surface area contributed by atoms with Crippen LogP contribution >= 0.6 is 22.9 Å². The summed E-state index contributed by atoms with van der Waals surface area (Å²) < 4.78 is 21.1. The lowest BCUT2D eigenvalue weighted by Gasteiger charge is -2.19. The molecule has 1 aliphatic carbocycles. The molecule has 2 fully saturated rings. The molecule has 1 aromatic carbocycles. The first-order chi connectivity index (χ1) is 11.5. The molecule has 1 N–H and O–H groups in total. The topological polar surface area (TPSA) is 54.5 Å². The van der Waals surface area contributed by atoms with Crippen LogP contribution in [-0.2, 0) is 4.79 Å². The summed E-state index contributed by atoms with van der Waals surface area (Å²) in [6.07, 6.45) is 2.07. The van der Waals surface area contributed by atoms with Crippen molar-refractivity contribution in [2.75, 3.05) is 25.1 Å². The minimum atomic E-state index is -1.85. The minimum absolute atomic E-state index is 0.0192. The third-order valence-electron chi connectivity index (χ3n) is 4.48. The van der Waals surface area contributed by atoms with E-state index in [0.717, 1.165) is 17.5 Å². The van der Waals surface area contributed by atoms with E-state index in [9.17, 15) is 9.18 Å². The first kappa shape index (κ1) is 15.9. The molecule has 0 bridgehead atoms. The van der Waals surface area contributed by atoms with Gasteiger partial charge in [-0.3, -0.25) is 4.79 Å². The molecule has 4 rings (SSSR count). The van der Waals surface area contributed by atoms with Gasteiger partial charge in [0.2, 0.25) is 5.67 Å². The van der Waals surface area contributed by atoms with Crippen LogP contribution < -0.4 is 15.0 Å². The number of halogens is 2. The molecule has 24 heavy (non-hydrogen) atoms. The third kappa shape index (κ3) is 2.69. The van der Waals surface area contributed by atoms with E-state index in [4.69, 9.17) is 16.3 Å². The molecule has 8 heteroatoms. The fourth-order valence-corrected chi connectivity index (χ4v) is 4.19. The fourth-order valence-electron chi connectivity index (χ4n) is 2.90. The summed E-state index contributed by atoms with van der Waals surface area (Å²) in [6.45, 7) is 0.472. The van der Waals surface area contributed by atoms with E-state index >= 15 is 0 Å². The van der Waals surface area contributed by atoms with Crippen molar-refractivity contribution in [2.45, 2.75) is 31.0 Å². The van der Waals surface area contributed by atoms with Gasteiger partial charge in [-0.1, -0.05) is 22.9 Å². The number of aromatic nitrogens is 1. The first-order valence-electron chi connectivity index (χ1n) is 7.88.